The second-order valence-electron chi connectivity index (χ2n) is 6.17. The first-order valence-corrected chi connectivity index (χ1v) is 7.92. The Balaban J connectivity index is 1.99. The van der Waals surface area contributed by atoms with Gasteiger partial charge < -0.3 is 4.90 Å². The second-order valence-corrected chi connectivity index (χ2v) is 6.17. The highest BCUT2D eigenvalue weighted by molar-refractivity contribution is 5.96. The highest BCUT2D eigenvalue weighted by atomic mass is 15.1. The lowest BCUT2D eigenvalue weighted by Crippen LogP contribution is -2.10. The minimum absolute atomic E-state index is 1.25. The zero-order chi connectivity index (χ0) is 15.8. The van der Waals surface area contributed by atoms with Gasteiger partial charge in [-0.05, 0) is 45.3 Å². The maximum atomic E-state index is 2.30. The first-order valence-electron chi connectivity index (χ1n) is 7.92. The van der Waals surface area contributed by atoms with Crippen molar-refractivity contribution < 1.29 is 0 Å². The Labute approximate surface area is 136 Å². The fourth-order valence-corrected chi connectivity index (χ4v) is 3.19. The number of benzene rings is 4. The van der Waals surface area contributed by atoms with E-state index in [1.807, 2.05) is 0 Å². The van der Waals surface area contributed by atoms with Crippen molar-refractivity contribution in [3.05, 3.63) is 78.9 Å². The maximum absolute atomic E-state index is 2.30. The van der Waals surface area contributed by atoms with Gasteiger partial charge in [0.05, 0.1) is 0 Å². The van der Waals surface area contributed by atoms with E-state index >= 15 is 0 Å². The third-order valence-corrected chi connectivity index (χ3v) is 4.41. The minimum Gasteiger partial charge on any atom is -0.377 e. The lowest BCUT2D eigenvalue weighted by molar-refractivity contribution is 1.14. The van der Waals surface area contributed by atoms with Crippen LogP contribution in [0.1, 0.15) is 0 Å². The quantitative estimate of drug-likeness (QED) is 0.457. The molecular formula is C22H19N. The predicted octanol–water partition coefficient (Wildman–Crippen LogP) is 5.73. The summed E-state index contributed by atoms with van der Waals surface area (Å²) in [7, 11) is 4.21. The van der Waals surface area contributed by atoms with Crippen LogP contribution in [0, 0.1) is 0 Å². The van der Waals surface area contributed by atoms with Gasteiger partial charge in [-0.15, -0.1) is 0 Å². The molecule has 0 bridgehead atoms. The summed E-state index contributed by atoms with van der Waals surface area (Å²) in [5.41, 5.74) is 3.79. The zero-order valence-corrected chi connectivity index (χ0v) is 13.5. The molecule has 112 valence electrons. The Bertz CT molecular complexity index is 999. The molecule has 4 aromatic carbocycles. The Hall–Kier alpha value is -2.80. The van der Waals surface area contributed by atoms with Gasteiger partial charge in [-0.3, -0.25) is 0 Å². The van der Waals surface area contributed by atoms with Crippen LogP contribution in [0.3, 0.4) is 0 Å². The van der Waals surface area contributed by atoms with Gasteiger partial charge in [0.2, 0.25) is 0 Å². The summed E-state index contributed by atoms with van der Waals surface area (Å²) in [5.74, 6) is 0. The van der Waals surface area contributed by atoms with E-state index in [1.165, 1.54) is 38.4 Å². The van der Waals surface area contributed by atoms with Crippen molar-refractivity contribution in [3.63, 3.8) is 0 Å². The van der Waals surface area contributed by atoms with E-state index in [2.05, 4.69) is 97.9 Å². The van der Waals surface area contributed by atoms with Gasteiger partial charge in [-0.25, -0.2) is 0 Å². The molecule has 4 aromatic rings. The van der Waals surface area contributed by atoms with E-state index in [0.29, 0.717) is 0 Å². The van der Waals surface area contributed by atoms with Crippen LogP contribution in [0.15, 0.2) is 78.9 Å². The Morgan fingerprint density at radius 3 is 1.78 bits per heavy atom. The van der Waals surface area contributed by atoms with Crippen molar-refractivity contribution in [2.75, 3.05) is 19.0 Å². The third kappa shape index (κ3) is 2.44. The van der Waals surface area contributed by atoms with Gasteiger partial charge in [0.25, 0.3) is 0 Å². The summed E-state index contributed by atoms with van der Waals surface area (Å²) in [6.07, 6.45) is 0. The van der Waals surface area contributed by atoms with Gasteiger partial charge in [-0.1, -0.05) is 60.7 Å². The molecule has 0 aliphatic rings. The molecule has 0 heterocycles. The molecule has 0 unspecified atom stereocenters. The molecule has 4 rings (SSSR count). The highest BCUT2D eigenvalue weighted by Crippen LogP contribution is 2.35. The van der Waals surface area contributed by atoms with E-state index in [9.17, 15) is 0 Å². The van der Waals surface area contributed by atoms with Gasteiger partial charge in [0.15, 0.2) is 0 Å². The summed E-state index contributed by atoms with van der Waals surface area (Å²) in [5, 5.41) is 5.12. The lowest BCUT2D eigenvalue weighted by atomic mass is 9.96. The van der Waals surface area contributed by atoms with E-state index in [4.69, 9.17) is 0 Å². The minimum atomic E-state index is 1.25. The van der Waals surface area contributed by atoms with Crippen LogP contribution in [0.4, 0.5) is 5.69 Å². The van der Waals surface area contributed by atoms with Crippen molar-refractivity contribution >= 4 is 27.2 Å². The van der Waals surface area contributed by atoms with Crippen LogP contribution >= 0.6 is 0 Å². The molecule has 0 atom stereocenters. The molecule has 0 fully saturated rings. The van der Waals surface area contributed by atoms with Crippen molar-refractivity contribution in [1.29, 1.82) is 0 Å². The van der Waals surface area contributed by atoms with Crippen LogP contribution in [0.25, 0.3) is 32.7 Å². The van der Waals surface area contributed by atoms with Crippen molar-refractivity contribution in [2.45, 2.75) is 0 Å². The molecule has 0 radical (unpaired) electrons. The first kappa shape index (κ1) is 13.8. The van der Waals surface area contributed by atoms with Crippen molar-refractivity contribution in [2.24, 2.45) is 0 Å². The van der Waals surface area contributed by atoms with Crippen LogP contribution in [-0.2, 0) is 0 Å². The monoisotopic (exact) mass is 297 g/mol. The Kier molecular flexibility index (Phi) is 3.27. The fourth-order valence-electron chi connectivity index (χ4n) is 3.19. The number of hydrogen-bond acceptors (Lipinski definition) is 1. The number of rotatable bonds is 2. The van der Waals surface area contributed by atoms with Crippen molar-refractivity contribution in [3.8, 4) is 11.1 Å². The number of fused-ring (bicyclic) bond motifs is 2. The molecule has 23 heavy (non-hydrogen) atoms. The van der Waals surface area contributed by atoms with E-state index in [0.717, 1.165) is 0 Å². The molecule has 0 amide bonds. The summed E-state index contributed by atoms with van der Waals surface area (Å²) in [4.78, 5) is 2.19. The van der Waals surface area contributed by atoms with Crippen molar-refractivity contribution in [1.82, 2.24) is 0 Å². The molecule has 0 aliphatic heterocycles. The molecule has 0 saturated heterocycles. The summed E-state index contributed by atoms with van der Waals surface area (Å²) in [6.45, 7) is 0. The predicted molar refractivity (Wildman–Crippen MR) is 101 cm³/mol. The summed E-state index contributed by atoms with van der Waals surface area (Å²) < 4.78 is 0. The van der Waals surface area contributed by atoms with Crippen LogP contribution in [-0.4, -0.2) is 14.1 Å². The maximum Gasteiger partial charge on any atom is 0.0447 e. The first-order chi connectivity index (χ1) is 11.2. The van der Waals surface area contributed by atoms with Crippen LogP contribution in [0.5, 0.6) is 0 Å². The third-order valence-electron chi connectivity index (χ3n) is 4.41. The smallest absolute Gasteiger partial charge is 0.0447 e. The molecule has 0 aliphatic carbocycles. The largest absolute Gasteiger partial charge is 0.377 e. The molecule has 0 aromatic heterocycles. The Morgan fingerprint density at radius 1 is 0.565 bits per heavy atom. The number of hydrogen-bond donors (Lipinski definition) is 0. The average Bonchev–Trinajstić information content (AvgIpc) is 2.60. The van der Waals surface area contributed by atoms with E-state index in [-0.39, 0.29) is 0 Å². The van der Waals surface area contributed by atoms with E-state index in [1.54, 1.807) is 0 Å². The fraction of sp³-hybridized carbons (Fsp3) is 0.0909. The molecule has 0 N–H and O–H groups in total. The van der Waals surface area contributed by atoms with Gasteiger partial charge in [0, 0.05) is 25.3 Å². The van der Waals surface area contributed by atoms with Gasteiger partial charge >= 0.3 is 0 Å². The Morgan fingerprint density at radius 2 is 1.13 bits per heavy atom. The van der Waals surface area contributed by atoms with Crippen LogP contribution < -0.4 is 4.90 Å². The second kappa shape index (κ2) is 5.44. The van der Waals surface area contributed by atoms with Gasteiger partial charge in [0.1, 0.15) is 0 Å². The summed E-state index contributed by atoms with van der Waals surface area (Å²) in [6, 6.07) is 28.4. The number of nitrogens with zero attached hydrogens (tertiary/aromatic N) is 1. The van der Waals surface area contributed by atoms with Crippen LogP contribution in [0.2, 0.25) is 0 Å². The number of anilines is 1. The van der Waals surface area contributed by atoms with Gasteiger partial charge in [-0.2, -0.15) is 0 Å². The SMILES string of the molecule is CN(C)c1cc2ccccc2cc1-c1ccc2ccccc2c1. The topological polar surface area (TPSA) is 3.24 Å². The molecule has 0 spiro atoms. The molecule has 0 saturated carbocycles. The summed E-state index contributed by atoms with van der Waals surface area (Å²) >= 11 is 0. The lowest BCUT2D eigenvalue weighted by Gasteiger charge is -2.19. The standard InChI is InChI=1S/C22H19N/c1-23(2)22-15-19-10-6-5-9-18(19)14-21(22)20-12-11-16-7-3-4-8-17(16)13-20/h3-15H,1-2H3. The average molecular weight is 297 g/mol. The zero-order valence-electron chi connectivity index (χ0n) is 13.5. The normalized spacial score (nSPS) is 11.0. The molecular weight excluding hydrogens is 278 g/mol. The highest BCUT2D eigenvalue weighted by Gasteiger charge is 2.09. The molecule has 1 nitrogen and oxygen atoms in total. The molecule has 1 heteroatoms. The van der Waals surface area contributed by atoms with E-state index < -0.39 is 0 Å².